The molecular weight excluding hydrogens is 420 g/mol. The average molecular weight is 446 g/mol. The molecule has 1 saturated heterocycles. The van der Waals surface area contributed by atoms with Gasteiger partial charge in [0.05, 0.1) is 25.1 Å². The second-order valence-corrected chi connectivity index (χ2v) is 7.57. The molecule has 0 bridgehead atoms. The summed E-state index contributed by atoms with van der Waals surface area (Å²) in [6, 6.07) is 12.5. The van der Waals surface area contributed by atoms with Crippen LogP contribution in [0.2, 0.25) is 0 Å². The first kappa shape index (κ1) is 22.5. The highest BCUT2D eigenvalue weighted by molar-refractivity contribution is 5.82. The molecule has 0 unspecified atom stereocenters. The highest BCUT2D eigenvalue weighted by Gasteiger charge is 2.57. The summed E-state index contributed by atoms with van der Waals surface area (Å²) < 4.78 is 17.9. The molecule has 5 atom stereocenters. The molecule has 10 heteroatoms. The lowest BCUT2D eigenvalue weighted by atomic mass is 9.96. The Morgan fingerprint density at radius 3 is 2.56 bits per heavy atom. The Morgan fingerprint density at radius 1 is 1.12 bits per heavy atom. The molecule has 1 fully saturated rings. The molecule has 10 nitrogen and oxygen atoms in total. The lowest BCUT2D eigenvalue weighted by Crippen LogP contribution is -2.69. The smallest absolute Gasteiger partial charge is 0.288 e. The van der Waals surface area contributed by atoms with E-state index >= 15 is 0 Å². The molecule has 5 N–H and O–H groups in total. The fourth-order valence-corrected chi connectivity index (χ4v) is 3.73. The van der Waals surface area contributed by atoms with Gasteiger partial charge >= 0.3 is 0 Å². The third kappa shape index (κ3) is 4.04. The second-order valence-electron chi connectivity index (χ2n) is 7.57. The minimum absolute atomic E-state index is 0.116. The van der Waals surface area contributed by atoms with E-state index in [1.165, 1.54) is 0 Å². The first-order valence-corrected chi connectivity index (χ1v) is 10.2. The monoisotopic (exact) mass is 446 g/mol. The van der Waals surface area contributed by atoms with Gasteiger partial charge in [0, 0.05) is 6.54 Å². The van der Waals surface area contributed by atoms with Crippen molar-refractivity contribution in [2.75, 3.05) is 13.2 Å². The molecule has 1 aliphatic heterocycles. The van der Waals surface area contributed by atoms with Crippen LogP contribution >= 0.6 is 0 Å². The number of hydrogen-bond acceptors (Lipinski definition) is 9. The third-order valence-corrected chi connectivity index (χ3v) is 5.43. The van der Waals surface area contributed by atoms with Crippen LogP contribution in [-0.2, 0) is 11.3 Å². The Hall–Kier alpha value is -2.73. The lowest BCUT2D eigenvalue weighted by Gasteiger charge is -2.45. The number of imidazole rings is 1. The van der Waals surface area contributed by atoms with Gasteiger partial charge in [-0.3, -0.25) is 0 Å². The second kappa shape index (κ2) is 9.02. The van der Waals surface area contributed by atoms with Crippen LogP contribution in [0.25, 0.3) is 11.0 Å². The summed E-state index contributed by atoms with van der Waals surface area (Å²) in [7, 11) is 0. The number of benzene rings is 2. The third-order valence-electron chi connectivity index (χ3n) is 5.43. The number of hydrogen-bond donors (Lipinski definition) is 5. The van der Waals surface area contributed by atoms with Crippen LogP contribution in [0, 0.1) is 0 Å². The average Bonchev–Trinajstić information content (AvgIpc) is 3.20. The minimum Gasteiger partial charge on any atom is -0.494 e. The number of aromatic nitrogens is 2. The van der Waals surface area contributed by atoms with E-state index in [1.807, 2.05) is 31.2 Å². The van der Waals surface area contributed by atoms with Gasteiger partial charge in [-0.15, -0.1) is 0 Å². The molecule has 2 aromatic carbocycles. The Balaban J connectivity index is 1.64. The van der Waals surface area contributed by atoms with Crippen LogP contribution < -0.4 is 9.47 Å². The summed E-state index contributed by atoms with van der Waals surface area (Å²) in [5.41, 5.74) is 2.03. The number of rotatable bonds is 7. The van der Waals surface area contributed by atoms with Crippen molar-refractivity contribution in [2.24, 2.45) is 0 Å². The molecule has 172 valence electrons. The SMILES string of the molecule is CCOc1ccc(Cn2cnc3cccc(O[C@@]4(O)[C@H](O)O[C@@H](CO)[C@H](O)[C@H]4O)c32)cc1. The zero-order valence-corrected chi connectivity index (χ0v) is 17.4. The molecule has 1 aromatic heterocycles. The van der Waals surface area contributed by atoms with E-state index in [-0.39, 0.29) is 5.75 Å². The summed E-state index contributed by atoms with van der Waals surface area (Å²) in [4.78, 5) is 4.35. The molecule has 0 amide bonds. The number of nitrogens with zero attached hydrogens (tertiary/aromatic N) is 2. The molecule has 2 heterocycles. The van der Waals surface area contributed by atoms with Crippen molar-refractivity contribution in [2.45, 2.75) is 43.9 Å². The van der Waals surface area contributed by atoms with E-state index in [0.29, 0.717) is 24.2 Å². The van der Waals surface area contributed by atoms with Gasteiger partial charge in [-0.05, 0) is 36.8 Å². The van der Waals surface area contributed by atoms with Gasteiger partial charge < -0.3 is 44.3 Å². The van der Waals surface area contributed by atoms with Crippen LogP contribution in [0.5, 0.6) is 11.5 Å². The Kier molecular flexibility index (Phi) is 6.33. The maximum absolute atomic E-state index is 10.9. The van der Waals surface area contributed by atoms with Crippen molar-refractivity contribution in [1.82, 2.24) is 9.55 Å². The van der Waals surface area contributed by atoms with Gasteiger partial charge in [-0.2, -0.15) is 0 Å². The topological polar surface area (TPSA) is 147 Å². The van der Waals surface area contributed by atoms with E-state index in [1.54, 1.807) is 29.1 Å². The molecule has 0 spiro atoms. The summed E-state index contributed by atoms with van der Waals surface area (Å²) in [5.74, 6) is -1.80. The Labute approximate surface area is 183 Å². The van der Waals surface area contributed by atoms with Crippen LogP contribution in [-0.4, -0.2) is 78.7 Å². The quantitative estimate of drug-likeness (QED) is 0.316. The van der Waals surface area contributed by atoms with Crippen LogP contribution in [0.1, 0.15) is 12.5 Å². The van der Waals surface area contributed by atoms with E-state index < -0.39 is 37.0 Å². The fourth-order valence-electron chi connectivity index (χ4n) is 3.73. The molecule has 0 saturated carbocycles. The standard InChI is InChI=1S/C22H26N2O8/c1-2-30-14-8-6-13(7-9-14)10-24-12-23-15-4-3-5-16(18(15)24)32-22(29)20(27)19(26)17(11-25)31-21(22)28/h3-9,12,17,19-21,25-29H,2,10-11H2,1H3/t17-,19-,20+,21+,22+/m0/s1. The van der Waals surface area contributed by atoms with Gasteiger partial charge in [0.15, 0.2) is 6.10 Å². The summed E-state index contributed by atoms with van der Waals surface area (Å²) in [6.45, 7) is 2.26. The van der Waals surface area contributed by atoms with E-state index in [4.69, 9.17) is 14.2 Å². The maximum atomic E-state index is 10.9. The minimum atomic E-state index is -2.67. The van der Waals surface area contributed by atoms with Gasteiger partial charge in [-0.25, -0.2) is 4.98 Å². The van der Waals surface area contributed by atoms with Crippen LogP contribution in [0.15, 0.2) is 48.8 Å². The molecule has 4 rings (SSSR count). The zero-order chi connectivity index (χ0) is 22.9. The van der Waals surface area contributed by atoms with Crippen LogP contribution in [0.4, 0.5) is 0 Å². The van der Waals surface area contributed by atoms with E-state index in [9.17, 15) is 25.5 Å². The van der Waals surface area contributed by atoms with Crippen molar-refractivity contribution in [3.05, 3.63) is 54.4 Å². The van der Waals surface area contributed by atoms with E-state index in [0.717, 1.165) is 11.3 Å². The maximum Gasteiger partial charge on any atom is 0.288 e. The summed E-state index contributed by atoms with van der Waals surface area (Å²) in [5, 5.41) is 50.9. The lowest BCUT2D eigenvalue weighted by molar-refractivity contribution is -0.385. The van der Waals surface area contributed by atoms with Gasteiger partial charge in [0.1, 0.15) is 29.2 Å². The molecule has 0 aliphatic carbocycles. The van der Waals surface area contributed by atoms with Crippen molar-refractivity contribution < 1.29 is 39.7 Å². The number of aliphatic hydroxyl groups excluding tert-OH is 4. The number of aliphatic hydroxyl groups is 5. The highest BCUT2D eigenvalue weighted by Crippen LogP contribution is 2.35. The predicted octanol–water partition coefficient (Wildman–Crippen LogP) is -0.0180. The zero-order valence-electron chi connectivity index (χ0n) is 17.4. The van der Waals surface area contributed by atoms with Crippen molar-refractivity contribution in [3.8, 4) is 11.5 Å². The van der Waals surface area contributed by atoms with E-state index in [2.05, 4.69) is 4.98 Å². The number of ether oxygens (including phenoxy) is 3. The predicted molar refractivity (Wildman–Crippen MR) is 112 cm³/mol. The highest BCUT2D eigenvalue weighted by atomic mass is 16.7. The molecule has 3 aromatic rings. The molecule has 1 aliphatic rings. The van der Waals surface area contributed by atoms with Crippen molar-refractivity contribution in [3.63, 3.8) is 0 Å². The van der Waals surface area contributed by atoms with Gasteiger partial charge in [0.2, 0.25) is 6.29 Å². The number of para-hydroxylation sites is 1. The van der Waals surface area contributed by atoms with Gasteiger partial charge in [0.25, 0.3) is 5.79 Å². The first-order chi connectivity index (χ1) is 15.4. The van der Waals surface area contributed by atoms with Crippen molar-refractivity contribution in [1.29, 1.82) is 0 Å². The number of fused-ring (bicyclic) bond motifs is 1. The normalized spacial score (nSPS) is 28.1. The Bertz CT molecular complexity index is 1060. The first-order valence-electron chi connectivity index (χ1n) is 10.2. The molecule has 32 heavy (non-hydrogen) atoms. The Morgan fingerprint density at radius 2 is 1.88 bits per heavy atom. The summed E-state index contributed by atoms with van der Waals surface area (Å²) in [6.07, 6.45) is -5.30. The largest absolute Gasteiger partial charge is 0.494 e. The summed E-state index contributed by atoms with van der Waals surface area (Å²) >= 11 is 0. The fraction of sp³-hybridized carbons (Fsp3) is 0.409. The molecular formula is C22H26N2O8. The van der Waals surface area contributed by atoms with Gasteiger partial charge in [-0.1, -0.05) is 18.2 Å². The molecule has 0 radical (unpaired) electrons. The van der Waals surface area contributed by atoms with Crippen molar-refractivity contribution >= 4 is 11.0 Å². The van der Waals surface area contributed by atoms with Crippen LogP contribution in [0.3, 0.4) is 0 Å².